The Balaban J connectivity index is 0.0000000960. The molecule has 0 saturated heterocycles. The van der Waals surface area contributed by atoms with Gasteiger partial charge in [0.15, 0.2) is 0 Å². The Labute approximate surface area is 690 Å². The van der Waals surface area contributed by atoms with Gasteiger partial charge in [0.05, 0.1) is 24.2 Å². The standard InChI is InChI=1S/C22H20N2O2.C21H17N3O2.C21H19N.C20H13N3O.C20H17NO/c1-26-22(25)20-15-7-3-5-9-18(15)24-21(20)19(13-10-11-13)16-12-23-17-8-4-2-6-14(16)17;25-11-12-9-15-13-5-2-4-8-18(13)24-20(15)19(21(26)23-12)16-10-22-17-7-3-1-6-14(16)17;1-2-6-16-14(5-1)11-12-18(16)21(15-9-10-15)19-13-22-20-8-4-3-7-17(19)20;24-20(15-11-22-16-7-3-1-6-13(15)16)19-18-14(9-10-21-19)12-5-2-4-8-17(12)23-18;22-17(11-15-10-9-14-5-1-2-6-18(14)15)12-16-13-21-20-8-4-3-7-19(16)20/h2-9,12-13,19,23-24H,10-11H2,1H3;1-8,10-12,19,22,24H,9H2,(H,23,26);1-8,12-13,15,21-22H,9-11H2;1-11,22-23H;1-8,10,13,21H,9,11-12H2/t;12-,19+;;;/m.0.../s1. The monoisotopic (exact) mass is 1570 g/mol. The normalized spacial score (nSPS) is 15.7. The molecule has 16 nitrogen and oxygen atoms in total. The quantitative estimate of drug-likeness (QED) is 0.0273. The Hall–Kier alpha value is -14.6. The molecular weight excluding hydrogens is 1490 g/mol. The molecule has 4 atom stereocenters. The largest absolute Gasteiger partial charge is 0.465 e. The first kappa shape index (κ1) is 74.2. The van der Waals surface area contributed by atoms with Gasteiger partial charge in [-0.1, -0.05) is 206 Å². The number of aromatic amines is 8. The van der Waals surface area contributed by atoms with Gasteiger partial charge in [0.1, 0.15) is 23.7 Å². The van der Waals surface area contributed by atoms with Gasteiger partial charge in [-0.2, -0.15) is 0 Å². The number of allylic oxidation sites excluding steroid dienone is 4. The molecule has 4 aliphatic carbocycles. The molecule has 10 heterocycles. The minimum Gasteiger partial charge on any atom is -0.465 e. The van der Waals surface area contributed by atoms with Crippen molar-refractivity contribution < 1.29 is 28.7 Å². The van der Waals surface area contributed by atoms with Crippen LogP contribution in [-0.2, 0) is 44.8 Å². The number of nitrogens with zero attached hydrogens (tertiary/aromatic N) is 1. The molecule has 1 amide bonds. The number of benzene rings is 10. The number of hydrogen-bond acceptors (Lipinski definition) is 7. The van der Waals surface area contributed by atoms with Gasteiger partial charge in [-0.15, -0.1) is 0 Å². The van der Waals surface area contributed by atoms with Gasteiger partial charge in [-0.3, -0.25) is 19.4 Å². The lowest BCUT2D eigenvalue weighted by Crippen LogP contribution is -2.38. The maximum absolute atomic E-state index is 13.1. The number of aldehydes is 1. The van der Waals surface area contributed by atoms with Gasteiger partial charge < -0.3 is 54.7 Å². The summed E-state index contributed by atoms with van der Waals surface area (Å²) in [6.45, 7) is 0. The highest BCUT2D eigenvalue weighted by Crippen LogP contribution is 2.54. The lowest BCUT2D eigenvalue weighted by Gasteiger charge is -2.19. The molecule has 2 fully saturated rings. The van der Waals surface area contributed by atoms with Gasteiger partial charge in [0, 0.05) is 178 Å². The molecule has 0 bridgehead atoms. The number of methoxy groups -OCH3 is 1. The third kappa shape index (κ3) is 14.0. The number of pyridine rings is 1. The summed E-state index contributed by atoms with van der Waals surface area (Å²) in [6, 6.07) is 83.6. The van der Waals surface area contributed by atoms with E-state index >= 15 is 0 Å². The number of nitrogens with one attached hydrogen (secondary N) is 9. The van der Waals surface area contributed by atoms with Crippen molar-refractivity contribution in [2.45, 2.75) is 81.6 Å². The van der Waals surface area contributed by atoms with Crippen LogP contribution in [0.2, 0.25) is 0 Å². The topological polar surface area (TPSA) is 246 Å². The highest BCUT2D eigenvalue weighted by Gasteiger charge is 2.41. The maximum Gasteiger partial charge on any atom is 0.340 e. The zero-order chi connectivity index (χ0) is 80.9. The highest BCUT2D eigenvalue weighted by molar-refractivity contribution is 6.22. The molecule has 1 aliphatic heterocycles. The van der Waals surface area contributed by atoms with E-state index in [2.05, 4.69) is 166 Å². The fraction of sp³-hybridized carbons (Fsp3) is 0.154. The molecule has 0 spiro atoms. The first-order chi connectivity index (χ1) is 59.1. The Morgan fingerprint density at radius 3 is 1.63 bits per heavy atom. The van der Waals surface area contributed by atoms with E-state index in [9.17, 15) is 24.0 Å². The molecule has 24 rings (SSSR count). The molecule has 19 aromatic rings. The molecule has 2 unspecified atom stereocenters. The minimum atomic E-state index is -0.518. The van der Waals surface area contributed by atoms with Crippen LogP contribution in [0, 0.1) is 11.8 Å². The molecule has 120 heavy (non-hydrogen) atoms. The number of carbonyl (C=O) groups is 5. The average Bonchev–Trinajstić information content (AvgIpc) is 1.52. The van der Waals surface area contributed by atoms with Crippen molar-refractivity contribution in [2.75, 3.05) is 7.11 Å². The van der Waals surface area contributed by atoms with E-state index in [0.29, 0.717) is 47.9 Å². The summed E-state index contributed by atoms with van der Waals surface area (Å²) < 4.78 is 5.13. The molecule has 0 radical (unpaired) electrons. The van der Waals surface area contributed by atoms with Crippen molar-refractivity contribution in [2.24, 2.45) is 11.8 Å². The van der Waals surface area contributed by atoms with Crippen LogP contribution < -0.4 is 5.32 Å². The van der Waals surface area contributed by atoms with Crippen LogP contribution in [0.3, 0.4) is 0 Å². The van der Waals surface area contributed by atoms with Crippen LogP contribution in [0.1, 0.15) is 138 Å². The fourth-order valence-electron chi connectivity index (χ4n) is 18.9. The van der Waals surface area contributed by atoms with Gasteiger partial charge in [-0.05, 0) is 166 Å². The second-order valence-electron chi connectivity index (χ2n) is 32.1. The average molecular weight is 1570 g/mol. The number of fused-ring (bicyclic) bond motifs is 14. The third-order valence-electron chi connectivity index (χ3n) is 24.8. The number of amides is 1. The van der Waals surface area contributed by atoms with Crippen LogP contribution in [0.4, 0.5) is 0 Å². The summed E-state index contributed by atoms with van der Waals surface area (Å²) in [5.41, 5.74) is 26.9. The van der Waals surface area contributed by atoms with Crippen LogP contribution in [0.25, 0.3) is 109 Å². The predicted molar refractivity (Wildman–Crippen MR) is 480 cm³/mol. The van der Waals surface area contributed by atoms with Crippen molar-refractivity contribution in [1.29, 1.82) is 0 Å². The van der Waals surface area contributed by atoms with Crippen molar-refractivity contribution in [3.8, 4) is 0 Å². The smallest absolute Gasteiger partial charge is 0.340 e. The Kier molecular flexibility index (Phi) is 19.6. The molecule has 2 saturated carbocycles. The van der Waals surface area contributed by atoms with E-state index in [1.54, 1.807) is 18.0 Å². The van der Waals surface area contributed by atoms with Crippen LogP contribution >= 0.6 is 0 Å². The number of para-hydroxylation sites is 8. The minimum absolute atomic E-state index is 0.0791. The van der Waals surface area contributed by atoms with Crippen LogP contribution in [-0.4, -0.2) is 87.7 Å². The van der Waals surface area contributed by atoms with E-state index in [1.165, 1.54) is 88.0 Å². The maximum atomic E-state index is 13.1. The van der Waals surface area contributed by atoms with E-state index in [4.69, 9.17) is 4.74 Å². The van der Waals surface area contributed by atoms with Gasteiger partial charge in [0.2, 0.25) is 11.7 Å². The summed E-state index contributed by atoms with van der Waals surface area (Å²) >= 11 is 0. The van der Waals surface area contributed by atoms with Crippen LogP contribution in [0.5, 0.6) is 0 Å². The van der Waals surface area contributed by atoms with Gasteiger partial charge in [0.25, 0.3) is 0 Å². The number of carbonyl (C=O) groups excluding carboxylic acids is 5. The molecule has 588 valence electrons. The first-order valence-electron chi connectivity index (χ1n) is 41.4. The lowest BCUT2D eigenvalue weighted by molar-refractivity contribution is -0.124. The Morgan fingerprint density at radius 1 is 0.467 bits per heavy atom. The zero-order valence-corrected chi connectivity index (χ0v) is 66.1. The number of ketones is 2. The van der Waals surface area contributed by atoms with Crippen molar-refractivity contribution >= 4 is 139 Å². The second-order valence-corrected chi connectivity index (χ2v) is 32.1. The first-order valence-corrected chi connectivity index (χ1v) is 41.4. The summed E-state index contributed by atoms with van der Waals surface area (Å²) in [7, 11) is 1.45. The fourth-order valence-corrected chi connectivity index (χ4v) is 18.9. The molecule has 9 aromatic heterocycles. The summed E-state index contributed by atoms with van der Waals surface area (Å²) in [4.78, 5) is 94.0. The van der Waals surface area contributed by atoms with Crippen molar-refractivity contribution in [1.82, 2.24) is 50.2 Å². The van der Waals surface area contributed by atoms with Gasteiger partial charge in [-0.25, -0.2) is 4.79 Å². The van der Waals surface area contributed by atoms with E-state index in [0.717, 1.165) is 135 Å². The number of aromatic nitrogens is 9. The number of H-pyrrole nitrogens is 8. The summed E-state index contributed by atoms with van der Waals surface area (Å²) in [5, 5.41) is 12.7. The summed E-state index contributed by atoms with van der Waals surface area (Å²) in [5.74, 6) is 1.35. The molecule has 16 heteroatoms. The Morgan fingerprint density at radius 2 is 0.967 bits per heavy atom. The SMILES string of the molecule is C1=C(C(c2c[nH]c3ccccc23)C2CC2)c2ccccc2C1.COC(=O)c1c(C(c2c[nH]c3ccccc23)C2CC2)[nH]c2ccccc12.O=C(CC1=CCc2ccccc21)Cc1c[nH]c2ccccc12.O=C(c1c[nH]c2ccccc12)c1nccc2c1[nH]c1ccccc12.O=C[C@@H]1Cc2c([nH]c3ccccc23)[C@@H](c2c[nH]c3ccccc23)C(=O)N1. The lowest BCUT2D eigenvalue weighted by atomic mass is 9.84. The number of Topliss-reactive ketones (excluding diaryl/α,β-unsaturated/α-hetero) is 1. The number of rotatable bonds is 15. The number of hydrogen-bond donors (Lipinski definition) is 9. The molecule has 5 aliphatic rings. The van der Waals surface area contributed by atoms with Crippen molar-refractivity contribution in [3.63, 3.8) is 0 Å². The summed E-state index contributed by atoms with van der Waals surface area (Å²) in [6.07, 6.45) is 25.8. The predicted octanol–water partition coefficient (Wildman–Crippen LogP) is 22.0. The van der Waals surface area contributed by atoms with E-state index in [1.807, 2.05) is 170 Å². The molecule has 10 aromatic carbocycles. The van der Waals surface area contributed by atoms with E-state index < -0.39 is 12.0 Å². The van der Waals surface area contributed by atoms with Crippen LogP contribution in [0.15, 0.2) is 298 Å². The molecule has 9 N–H and O–H groups in total. The zero-order valence-electron chi connectivity index (χ0n) is 66.1. The highest BCUT2D eigenvalue weighted by atomic mass is 16.5. The second kappa shape index (κ2) is 31.8. The third-order valence-corrected chi connectivity index (χ3v) is 24.8. The molecular formula is C104H86N10O6. The van der Waals surface area contributed by atoms with Crippen molar-refractivity contribution in [3.05, 3.63) is 376 Å². The number of esters is 1. The Bertz CT molecular complexity index is 7260. The number of ether oxygens (including phenoxy) is 1. The van der Waals surface area contributed by atoms with E-state index in [-0.39, 0.29) is 29.4 Å². The van der Waals surface area contributed by atoms with Gasteiger partial charge >= 0.3 is 5.97 Å².